The van der Waals surface area contributed by atoms with Gasteiger partial charge in [0.25, 0.3) is 0 Å². The summed E-state index contributed by atoms with van der Waals surface area (Å²) in [5.41, 5.74) is -0.0255. The van der Waals surface area contributed by atoms with Crippen LogP contribution in [0.5, 0.6) is 0 Å². The number of rotatable bonds is 5. The molecule has 0 bridgehead atoms. The fourth-order valence-corrected chi connectivity index (χ4v) is 1.13. The van der Waals surface area contributed by atoms with E-state index >= 15 is 0 Å². The summed E-state index contributed by atoms with van der Waals surface area (Å²) in [4.78, 5) is 25.9. The van der Waals surface area contributed by atoms with Crippen LogP contribution in [0.15, 0.2) is 31.0 Å². The Morgan fingerprint density at radius 1 is 1.53 bits per heavy atom. The Balaban J connectivity index is 2.64. The molecule has 0 aromatic carbocycles. The second-order valence-corrected chi connectivity index (χ2v) is 3.16. The second kappa shape index (κ2) is 6.26. The molecular formula is C11H13N3O3. The quantitative estimate of drug-likeness (QED) is 0.532. The Morgan fingerprint density at radius 2 is 2.29 bits per heavy atom. The number of carbonyl (C=O) groups is 2. The van der Waals surface area contributed by atoms with Gasteiger partial charge in [-0.15, -0.1) is 6.58 Å². The predicted molar refractivity (Wildman–Crippen MR) is 63.0 cm³/mol. The lowest BCUT2D eigenvalue weighted by molar-refractivity contribution is 0.0692. The number of carboxylic acids is 1. The van der Waals surface area contributed by atoms with E-state index in [9.17, 15) is 9.59 Å². The van der Waals surface area contributed by atoms with Gasteiger partial charge in [-0.25, -0.2) is 14.6 Å². The van der Waals surface area contributed by atoms with Crippen molar-refractivity contribution in [2.45, 2.75) is 6.42 Å². The number of carbonyl (C=O) groups excluding carboxylic acids is 1. The lowest BCUT2D eigenvalue weighted by atomic mass is 10.3. The summed E-state index contributed by atoms with van der Waals surface area (Å²) in [5, 5.41) is 13.8. The number of nitrogens with zero attached hydrogens (tertiary/aromatic N) is 1. The maximum atomic E-state index is 11.4. The molecule has 0 atom stereocenters. The van der Waals surface area contributed by atoms with Crippen LogP contribution in [0.25, 0.3) is 0 Å². The molecule has 1 heterocycles. The molecule has 0 aliphatic rings. The average molecular weight is 235 g/mol. The molecule has 6 nitrogen and oxygen atoms in total. The van der Waals surface area contributed by atoms with Gasteiger partial charge in [-0.2, -0.15) is 0 Å². The Bertz CT molecular complexity index is 432. The van der Waals surface area contributed by atoms with Crippen LogP contribution >= 0.6 is 0 Å². The zero-order chi connectivity index (χ0) is 12.7. The number of nitrogens with one attached hydrogen (secondary N) is 2. The minimum atomic E-state index is -1.19. The first-order valence-electron chi connectivity index (χ1n) is 4.99. The van der Waals surface area contributed by atoms with Crippen molar-refractivity contribution in [1.82, 2.24) is 10.3 Å². The predicted octanol–water partition coefficient (Wildman–Crippen LogP) is 1.48. The number of urea groups is 1. The number of hydrogen-bond donors (Lipinski definition) is 3. The van der Waals surface area contributed by atoms with Gasteiger partial charge < -0.3 is 15.7 Å². The monoisotopic (exact) mass is 235 g/mol. The third-order valence-corrected chi connectivity index (χ3v) is 1.89. The zero-order valence-electron chi connectivity index (χ0n) is 9.14. The molecule has 0 fully saturated rings. The van der Waals surface area contributed by atoms with Crippen LogP contribution in [0.3, 0.4) is 0 Å². The number of carboxylic acid groups (broad SMARTS) is 1. The molecule has 3 N–H and O–H groups in total. The van der Waals surface area contributed by atoms with E-state index in [-0.39, 0.29) is 11.4 Å². The minimum Gasteiger partial charge on any atom is -0.476 e. The van der Waals surface area contributed by atoms with E-state index in [4.69, 9.17) is 5.11 Å². The van der Waals surface area contributed by atoms with Crippen LogP contribution in [0.1, 0.15) is 16.9 Å². The van der Waals surface area contributed by atoms with Crippen LogP contribution in [0.2, 0.25) is 0 Å². The van der Waals surface area contributed by atoms with Gasteiger partial charge in [0.2, 0.25) is 0 Å². The maximum absolute atomic E-state index is 11.4. The summed E-state index contributed by atoms with van der Waals surface area (Å²) < 4.78 is 0. The second-order valence-electron chi connectivity index (χ2n) is 3.16. The third kappa shape index (κ3) is 3.94. The van der Waals surface area contributed by atoms with Gasteiger partial charge in [-0.05, 0) is 18.6 Å². The largest absolute Gasteiger partial charge is 0.476 e. The fraction of sp³-hybridized carbons (Fsp3) is 0.182. The number of aromatic carboxylic acids is 1. The van der Waals surface area contributed by atoms with Gasteiger partial charge in [-0.1, -0.05) is 6.08 Å². The summed E-state index contributed by atoms with van der Waals surface area (Å²) in [6.07, 6.45) is 3.67. The van der Waals surface area contributed by atoms with Crippen molar-refractivity contribution >= 4 is 17.7 Å². The van der Waals surface area contributed by atoms with E-state index in [1.54, 1.807) is 12.1 Å². The average Bonchev–Trinajstić information content (AvgIpc) is 2.29. The number of amides is 2. The molecule has 2 amide bonds. The first-order valence-corrected chi connectivity index (χ1v) is 4.99. The topological polar surface area (TPSA) is 91.3 Å². The van der Waals surface area contributed by atoms with Gasteiger partial charge in [0.05, 0.1) is 5.69 Å². The van der Waals surface area contributed by atoms with E-state index in [1.807, 2.05) is 0 Å². The van der Waals surface area contributed by atoms with Crippen LogP contribution in [-0.4, -0.2) is 28.6 Å². The Kier molecular flexibility index (Phi) is 4.68. The Labute approximate surface area is 98.4 Å². The third-order valence-electron chi connectivity index (χ3n) is 1.89. The van der Waals surface area contributed by atoms with E-state index in [2.05, 4.69) is 22.2 Å². The summed E-state index contributed by atoms with van der Waals surface area (Å²) in [7, 11) is 0. The lowest BCUT2D eigenvalue weighted by Gasteiger charge is -2.08. The van der Waals surface area contributed by atoms with Crippen molar-refractivity contribution in [3.05, 3.63) is 36.7 Å². The summed E-state index contributed by atoms with van der Waals surface area (Å²) in [5.74, 6) is -1.19. The van der Waals surface area contributed by atoms with Gasteiger partial charge in [0, 0.05) is 12.7 Å². The standard InChI is InChI=1S/C11H13N3O3/c1-2-3-6-13-11(17)14-8-5-4-7-12-9(8)10(15)16/h2,4-5,7H,1,3,6H2,(H,15,16)(H2,13,14,17). The molecule has 0 unspecified atom stereocenters. The number of hydrogen-bond acceptors (Lipinski definition) is 3. The molecule has 17 heavy (non-hydrogen) atoms. The van der Waals surface area contributed by atoms with Crippen molar-refractivity contribution in [1.29, 1.82) is 0 Å². The fourth-order valence-electron chi connectivity index (χ4n) is 1.13. The molecule has 1 rings (SSSR count). The molecule has 0 aliphatic heterocycles. The Morgan fingerprint density at radius 3 is 2.94 bits per heavy atom. The molecule has 0 aliphatic carbocycles. The smallest absolute Gasteiger partial charge is 0.356 e. The normalized spacial score (nSPS) is 9.41. The van der Waals surface area contributed by atoms with Crippen LogP contribution in [-0.2, 0) is 0 Å². The number of aromatic nitrogens is 1. The first kappa shape index (κ1) is 12.7. The van der Waals surface area contributed by atoms with E-state index in [1.165, 1.54) is 12.3 Å². The molecule has 0 radical (unpaired) electrons. The molecule has 0 saturated heterocycles. The van der Waals surface area contributed by atoms with Crippen LogP contribution in [0, 0.1) is 0 Å². The van der Waals surface area contributed by atoms with Crippen molar-refractivity contribution in [2.75, 3.05) is 11.9 Å². The molecule has 6 heteroatoms. The van der Waals surface area contributed by atoms with Crippen molar-refractivity contribution in [3.63, 3.8) is 0 Å². The van der Waals surface area contributed by atoms with Crippen molar-refractivity contribution < 1.29 is 14.7 Å². The van der Waals surface area contributed by atoms with Crippen LogP contribution in [0.4, 0.5) is 10.5 Å². The molecule has 1 aromatic heterocycles. The summed E-state index contributed by atoms with van der Waals surface area (Å²) in [6.45, 7) is 3.96. The first-order chi connectivity index (χ1) is 8.15. The van der Waals surface area contributed by atoms with Gasteiger partial charge >= 0.3 is 12.0 Å². The lowest BCUT2D eigenvalue weighted by Crippen LogP contribution is -2.30. The van der Waals surface area contributed by atoms with E-state index in [0.29, 0.717) is 13.0 Å². The van der Waals surface area contributed by atoms with E-state index in [0.717, 1.165) is 0 Å². The SMILES string of the molecule is C=CCCNC(=O)Nc1cccnc1C(=O)O. The highest BCUT2D eigenvalue weighted by Crippen LogP contribution is 2.11. The van der Waals surface area contributed by atoms with Crippen molar-refractivity contribution in [2.24, 2.45) is 0 Å². The molecule has 90 valence electrons. The molecule has 0 saturated carbocycles. The summed E-state index contributed by atoms with van der Waals surface area (Å²) in [6, 6.07) is 2.55. The van der Waals surface area contributed by atoms with Crippen molar-refractivity contribution in [3.8, 4) is 0 Å². The van der Waals surface area contributed by atoms with Gasteiger partial charge in [-0.3, -0.25) is 0 Å². The zero-order valence-corrected chi connectivity index (χ0v) is 9.14. The molecular weight excluding hydrogens is 222 g/mol. The van der Waals surface area contributed by atoms with Gasteiger partial charge in [0.1, 0.15) is 0 Å². The molecule has 1 aromatic rings. The summed E-state index contributed by atoms with van der Waals surface area (Å²) >= 11 is 0. The van der Waals surface area contributed by atoms with E-state index < -0.39 is 12.0 Å². The number of anilines is 1. The highest BCUT2D eigenvalue weighted by molar-refractivity contribution is 5.98. The highest BCUT2D eigenvalue weighted by atomic mass is 16.4. The maximum Gasteiger partial charge on any atom is 0.356 e. The Hall–Kier alpha value is -2.37. The van der Waals surface area contributed by atoms with Crippen LogP contribution < -0.4 is 10.6 Å². The molecule has 0 spiro atoms. The minimum absolute atomic E-state index is 0.163. The number of pyridine rings is 1. The van der Waals surface area contributed by atoms with Gasteiger partial charge in [0.15, 0.2) is 5.69 Å². The highest BCUT2D eigenvalue weighted by Gasteiger charge is 2.12.